The summed E-state index contributed by atoms with van der Waals surface area (Å²) in [6.45, 7) is 4.82. The molecule has 1 saturated heterocycles. The molecule has 1 amide bonds. The van der Waals surface area contributed by atoms with Gasteiger partial charge in [-0.25, -0.2) is 0 Å². The number of aromatic amines is 1. The maximum atomic E-state index is 12.5. The first kappa shape index (κ1) is 16.3. The van der Waals surface area contributed by atoms with E-state index in [0.29, 0.717) is 37.3 Å². The van der Waals surface area contributed by atoms with E-state index in [9.17, 15) is 14.4 Å². The van der Waals surface area contributed by atoms with Crippen LogP contribution in [0.15, 0.2) is 16.9 Å². The average Bonchev–Trinajstić information content (AvgIpc) is 2.45. The third-order valence-corrected chi connectivity index (χ3v) is 3.83. The molecule has 0 bridgehead atoms. The van der Waals surface area contributed by atoms with Crippen molar-refractivity contribution in [3.63, 3.8) is 0 Å². The molecule has 0 saturated carbocycles. The van der Waals surface area contributed by atoms with Crippen molar-refractivity contribution in [2.45, 2.75) is 33.1 Å². The number of H-pyrrole nitrogens is 1. The molecule has 2 heterocycles. The number of carboxylic acid groups (broad SMARTS) is 1. The van der Waals surface area contributed by atoms with Gasteiger partial charge in [-0.15, -0.1) is 0 Å². The Morgan fingerprint density at radius 1 is 1.41 bits per heavy atom. The molecule has 1 aliphatic heterocycles. The molecule has 1 atom stereocenters. The summed E-state index contributed by atoms with van der Waals surface area (Å²) in [6, 6.07) is 2.99. The third kappa shape index (κ3) is 3.96. The van der Waals surface area contributed by atoms with Crippen LogP contribution in [-0.4, -0.2) is 40.0 Å². The third-order valence-electron chi connectivity index (χ3n) is 3.83. The maximum Gasteiger partial charge on any atom is 0.308 e. The number of piperidine rings is 1. The summed E-state index contributed by atoms with van der Waals surface area (Å²) in [5.41, 5.74) is 0.774. The van der Waals surface area contributed by atoms with Crippen LogP contribution in [0.1, 0.15) is 42.7 Å². The molecule has 22 heavy (non-hydrogen) atoms. The minimum Gasteiger partial charge on any atom is -0.481 e. The fourth-order valence-corrected chi connectivity index (χ4v) is 2.82. The van der Waals surface area contributed by atoms with Crippen molar-refractivity contribution < 1.29 is 14.7 Å². The van der Waals surface area contributed by atoms with Gasteiger partial charge in [0, 0.05) is 30.4 Å². The van der Waals surface area contributed by atoms with Crippen molar-refractivity contribution in [3.05, 3.63) is 33.7 Å². The van der Waals surface area contributed by atoms with E-state index < -0.39 is 11.9 Å². The summed E-state index contributed by atoms with van der Waals surface area (Å²) in [4.78, 5) is 39.6. The number of carbonyl (C=O) groups is 2. The van der Waals surface area contributed by atoms with Crippen LogP contribution in [0.3, 0.4) is 0 Å². The minimum atomic E-state index is -0.871. The van der Waals surface area contributed by atoms with Gasteiger partial charge in [0.25, 0.3) is 5.91 Å². The molecule has 2 N–H and O–H groups in total. The standard InChI is InChI=1S/C16H22N2O4/c1-10(2)6-13-7-12(8-14(19)17-13)15(20)18-5-3-4-11(9-18)16(21)22/h7-8,10-11H,3-6,9H2,1-2H3,(H,17,19)(H,21,22)/t11-/m0/s1. The molecule has 1 aromatic rings. The van der Waals surface area contributed by atoms with Crippen LogP contribution in [0.2, 0.25) is 0 Å². The van der Waals surface area contributed by atoms with Crippen LogP contribution in [0.25, 0.3) is 0 Å². The van der Waals surface area contributed by atoms with E-state index in [4.69, 9.17) is 5.11 Å². The molecular formula is C16H22N2O4. The first-order valence-electron chi connectivity index (χ1n) is 7.62. The number of carboxylic acids is 1. The molecule has 2 rings (SSSR count). The Labute approximate surface area is 129 Å². The fourth-order valence-electron chi connectivity index (χ4n) is 2.82. The van der Waals surface area contributed by atoms with Gasteiger partial charge in [0.05, 0.1) is 5.92 Å². The Bertz CT molecular complexity index is 621. The van der Waals surface area contributed by atoms with Crippen molar-refractivity contribution in [3.8, 4) is 0 Å². The molecule has 0 aliphatic carbocycles. The number of carbonyl (C=O) groups excluding carboxylic acids is 1. The SMILES string of the molecule is CC(C)Cc1cc(C(=O)N2CCC[C@H](C(=O)O)C2)cc(=O)[nH]1. The van der Waals surface area contributed by atoms with E-state index in [1.165, 1.54) is 11.0 Å². The van der Waals surface area contributed by atoms with Crippen molar-refractivity contribution in [2.24, 2.45) is 11.8 Å². The summed E-state index contributed by atoms with van der Waals surface area (Å²) < 4.78 is 0. The molecule has 0 unspecified atom stereocenters. The molecule has 6 heteroatoms. The van der Waals surface area contributed by atoms with Gasteiger partial charge >= 0.3 is 5.97 Å². The Morgan fingerprint density at radius 3 is 2.77 bits per heavy atom. The van der Waals surface area contributed by atoms with Crippen molar-refractivity contribution in [1.29, 1.82) is 0 Å². The van der Waals surface area contributed by atoms with Gasteiger partial charge in [0.15, 0.2) is 0 Å². The number of hydrogen-bond acceptors (Lipinski definition) is 3. The first-order chi connectivity index (χ1) is 10.4. The smallest absolute Gasteiger partial charge is 0.308 e. The van der Waals surface area contributed by atoms with Gasteiger partial charge in [0.2, 0.25) is 5.56 Å². The fraction of sp³-hybridized carbons (Fsp3) is 0.562. The topological polar surface area (TPSA) is 90.5 Å². The van der Waals surface area contributed by atoms with E-state index in [-0.39, 0.29) is 18.0 Å². The van der Waals surface area contributed by atoms with Crippen LogP contribution < -0.4 is 5.56 Å². The Morgan fingerprint density at radius 2 is 2.14 bits per heavy atom. The monoisotopic (exact) mass is 306 g/mol. The summed E-state index contributed by atoms with van der Waals surface area (Å²) in [5.74, 6) is -1.28. The predicted molar refractivity (Wildman–Crippen MR) is 81.9 cm³/mol. The van der Waals surface area contributed by atoms with E-state index in [2.05, 4.69) is 4.98 Å². The molecule has 1 aromatic heterocycles. The lowest BCUT2D eigenvalue weighted by atomic mass is 9.97. The van der Waals surface area contributed by atoms with Crippen LogP contribution in [0.4, 0.5) is 0 Å². The maximum absolute atomic E-state index is 12.5. The van der Waals surface area contributed by atoms with E-state index >= 15 is 0 Å². The van der Waals surface area contributed by atoms with Gasteiger partial charge in [-0.2, -0.15) is 0 Å². The van der Waals surface area contributed by atoms with Crippen LogP contribution in [-0.2, 0) is 11.2 Å². The van der Waals surface area contributed by atoms with E-state index in [1.807, 2.05) is 13.8 Å². The normalized spacial score (nSPS) is 18.5. The predicted octanol–water partition coefficient (Wildman–Crippen LogP) is 1.51. The quantitative estimate of drug-likeness (QED) is 0.882. The van der Waals surface area contributed by atoms with E-state index in [1.54, 1.807) is 6.07 Å². The van der Waals surface area contributed by atoms with Gasteiger partial charge in [-0.1, -0.05) is 13.8 Å². The molecule has 1 fully saturated rings. The molecule has 0 aromatic carbocycles. The Kier molecular flexibility index (Phi) is 5.00. The van der Waals surface area contributed by atoms with Crippen LogP contribution in [0, 0.1) is 11.8 Å². The van der Waals surface area contributed by atoms with Crippen molar-refractivity contribution >= 4 is 11.9 Å². The molecule has 0 spiro atoms. The van der Waals surface area contributed by atoms with Crippen molar-refractivity contribution in [2.75, 3.05) is 13.1 Å². The lowest BCUT2D eigenvalue weighted by Gasteiger charge is -2.30. The highest BCUT2D eigenvalue weighted by Crippen LogP contribution is 2.19. The average molecular weight is 306 g/mol. The first-order valence-corrected chi connectivity index (χ1v) is 7.62. The molecule has 0 radical (unpaired) electrons. The Balaban J connectivity index is 2.20. The highest BCUT2D eigenvalue weighted by atomic mass is 16.4. The summed E-state index contributed by atoms with van der Waals surface area (Å²) in [6.07, 6.45) is 1.95. The van der Waals surface area contributed by atoms with Gasteiger partial charge < -0.3 is 15.0 Å². The summed E-state index contributed by atoms with van der Waals surface area (Å²) >= 11 is 0. The number of likely N-dealkylation sites (tertiary alicyclic amines) is 1. The number of rotatable bonds is 4. The van der Waals surface area contributed by atoms with Crippen LogP contribution >= 0.6 is 0 Å². The highest BCUT2D eigenvalue weighted by molar-refractivity contribution is 5.94. The summed E-state index contributed by atoms with van der Waals surface area (Å²) in [7, 11) is 0. The van der Waals surface area contributed by atoms with Gasteiger partial charge in [0.1, 0.15) is 0 Å². The molecule has 6 nitrogen and oxygen atoms in total. The number of amides is 1. The zero-order valence-electron chi connectivity index (χ0n) is 13.0. The number of nitrogens with one attached hydrogen (secondary N) is 1. The number of nitrogens with zero attached hydrogens (tertiary/aromatic N) is 1. The van der Waals surface area contributed by atoms with Crippen molar-refractivity contribution in [1.82, 2.24) is 9.88 Å². The van der Waals surface area contributed by atoms with Crippen LogP contribution in [0.5, 0.6) is 0 Å². The zero-order valence-corrected chi connectivity index (χ0v) is 13.0. The molecule has 1 aliphatic rings. The van der Waals surface area contributed by atoms with Gasteiger partial charge in [-0.05, 0) is 31.2 Å². The molecule has 120 valence electrons. The second-order valence-corrected chi connectivity index (χ2v) is 6.29. The van der Waals surface area contributed by atoms with E-state index in [0.717, 1.165) is 5.69 Å². The number of hydrogen-bond donors (Lipinski definition) is 2. The lowest BCUT2D eigenvalue weighted by Crippen LogP contribution is -2.42. The Hall–Kier alpha value is -2.11. The number of aromatic nitrogens is 1. The number of aliphatic carboxylic acids is 1. The lowest BCUT2D eigenvalue weighted by molar-refractivity contribution is -0.143. The molecular weight excluding hydrogens is 284 g/mol. The number of pyridine rings is 1. The highest BCUT2D eigenvalue weighted by Gasteiger charge is 2.28. The largest absolute Gasteiger partial charge is 0.481 e. The zero-order chi connectivity index (χ0) is 16.3. The minimum absolute atomic E-state index is 0.209. The summed E-state index contributed by atoms with van der Waals surface area (Å²) in [5, 5.41) is 9.10. The second kappa shape index (κ2) is 6.77. The van der Waals surface area contributed by atoms with Gasteiger partial charge in [-0.3, -0.25) is 14.4 Å². The second-order valence-electron chi connectivity index (χ2n) is 6.29.